The number of aromatic nitrogens is 2. The molecule has 3 aromatic rings. The van der Waals surface area contributed by atoms with Gasteiger partial charge in [0, 0.05) is 5.56 Å². The molecule has 0 fully saturated rings. The average Bonchev–Trinajstić information content (AvgIpc) is 3.31. The van der Waals surface area contributed by atoms with Crippen molar-refractivity contribution in [2.24, 2.45) is 0 Å². The highest BCUT2D eigenvalue weighted by Gasteiger charge is 2.26. The Bertz CT molecular complexity index is 1050. The molecule has 0 saturated carbocycles. The summed E-state index contributed by atoms with van der Waals surface area (Å²) in [6.45, 7) is 1.69. The fraction of sp³-hybridized carbons (Fsp3) is 0.227. The van der Waals surface area contributed by atoms with Crippen molar-refractivity contribution >= 4 is 11.7 Å². The smallest absolute Gasteiger partial charge is 0.266 e. The van der Waals surface area contributed by atoms with Crippen molar-refractivity contribution in [2.45, 2.75) is 32.3 Å². The van der Waals surface area contributed by atoms with Gasteiger partial charge in [-0.15, -0.1) is 0 Å². The number of benzene rings is 2. The third kappa shape index (κ3) is 3.47. The van der Waals surface area contributed by atoms with Gasteiger partial charge >= 0.3 is 0 Å². The van der Waals surface area contributed by atoms with E-state index in [1.165, 1.54) is 0 Å². The lowest BCUT2D eigenvalue weighted by molar-refractivity contribution is -0.122. The lowest BCUT2D eigenvalue weighted by Crippen LogP contribution is -2.31. The maximum atomic E-state index is 12.8. The zero-order valence-corrected chi connectivity index (χ0v) is 15.6. The van der Waals surface area contributed by atoms with Crippen LogP contribution in [-0.4, -0.2) is 21.8 Å². The topological polar surface area (TPSA) is 79.9 Å². The summed E-state index contributed by atoms with van der Waals surface area (Å²) in [5.74, 6) is 0.947. The van der Waals surface area contributed by atoms with Crippen molar-refractivity contribution in [1.82, 2.24) is 9.78 Å². The Hall–Kier alpha value is -3.59. The number of carbonyl (C=O) groups excluding carboxylic acids is 1. The van der Waals surface area contributed by atoms with Crippen molar-refractivity contribution in [1.29, 1.82) is 5.26 Å². The van der Waals surface area contributed by atoms with Crippen LogP contribution in [0, 0.1) is 11.3 Å². The third-order valence-corrected chi connectivity index (χ3v) is 4.79. The molecule has 1 heterocycles. The van der Waals surface area contributed by atoms with E-state index >= 15 is 0 Å². The van der Waals surface area contributed by atoms with E-state index in [1.807, 2.05) is 30.3 Å². The number of rotatable bonds is 5. The van der Waals surface area contributed by atoms with Crippen LogP contribution in [0.15, 0.2) is 54.6 Å². The Morgan fingerprint density at radius 3 is 2.82 bits per heavy atom. The van der Waals surface area contributed by atoms with Gasteiger partial charge in [0.25, 0.3) is 5.91 Å². The second-order valence-electron chi connectivity index (χ2n) is 6.76. The molecule has 2 aromatic carbocycles. The minimum Gasteiger partial charge on any atom is -0.481 e. The molecule has 0 spiro atoms. The van der Waals surface area contributed by atoms with Crippen LogP contribution in [0.3, 0.4) is 0 Å². The van der Waals surface area contributed by atoms with Gasteiger partial charge in [0.1, 0.15) is 11.6 Å². The molecule has 1 amide bonds. The summed E-state index contributed by atoms with van der Waals surface area (Å²) in [7, 11) is 0. The van der Waals surface area contributed by atoms with Gasteiger partial charge in [-0.05, 0) is 56.5 Å². The highest BCUT2D eigenvalue weighted by molar-refractivity contribution is 5.94. The Kier molecular flexibility index (Phi) is 4.81. The Balaban J connectivity index is 1.57. The molecule has 1 aliphatic carbocycles. The first kappa shape index (κ1) is 17.8. The van der Waals surface area contributed by atoms with Gasteiger partial charge in [0.05, 0.1) is 23.0 Å². The van der Waals surface area contributed by atoms with E-state index in [4.69, 9.17) is 15.1 Å². The van der Waals surface area contributed by atoms with Crippen molar-refractivity contribution in [3.8, 4) is 17.5 Å². The molecule has 1 atom stereocenters. The second-order valence-corrected chi connectivity index (χ2v) is 6.76. The predicted molar refractivity (Wildman–Crippen MR) is 105 cm³/mol. The number of para-hydroxylation sites is 1. The number of hydrogen-bond acceptors (Lipinski definition) is 4. The van der Waals surface area contributed by atoms with Crippen LogP contribution >= 0.6 is 0 Å². The minimum absolute atomic E-state index is 0.255. The lowest BCUT2D eigenvalue weighted by atomic mass is 10.2. The van der Waals surface area contributed by atoms with Crippen molar-refractivity contribution in [2.75, 3.05) is 5.32 Å². The molecular weight excluding hydrogens is 352 g/mol. The number of anilines is 1. The molecular formula is C22H20N4O2. The molecule has 1 aliphatic rings. The maximum absolute atomic E-state index is 12.8. The number of aryl methyl sites for hydroxylation is 1. The molecule has 140 valence electrons. The molecule has 1 aromatic heterocycles. The predicted octanol–water partition coefficient (Wildman–Crippen LogP) is 3.64. The Labute approximate surface area is 163 Å². The number of ether oxygens (including phenoxy) is 1. The number of carbonyl (C=O) groups is 1. The summed E-state index contributed by atoms with van der Waals surface area (Å²) in [5.41, 5.74) is 3.53. The summed E-state index contributed by atoms with van der Waals surface area (Å²) in [5, 5.41) is 16.7. The summed E-state index contributed by atoms with van der Waals surface area (Å²) >= 11 is 0. The molecule has 1 unspecified atom stereocenters. The molecule has 6 nitrogen and oxygen atoms in total. The molecule has 0 bridgehead atoms. The summed E-state index contributed by atoms with van der Waals surface area (Å²) in [6, 6.07) is 18.6. The molecule has 6 heteroatoms. The number of amides is 1. The van der Waals surface area contributed by atoms with Crippen LogP contribution in [0.1, 0.15) is 30.2 Å². The van der Waals surface area contributed by atoms with Crippen LogP contribution < -0.4 is 10.1 Å². The molecule has 0 aliphatic heterocycles. The number of nitrogens with one attached hydrogen (secondary N) is 1. The van der Waals surface area contributed by atoms with E-state index in [9.17, 15) is 4.79 Å². The number of nitriles is 1. The van der Waals surface area contributed by atoms with Crippen LogP contribution in [-0.2, 0) is 17.6 Å². The number of fused-ring (bicyclic) bond motifs is 1. The average molecular weight is 372 g/mol. The first-order valence-electron chi connectivity index (χ1n) is 9.29. The van der Waals surface area contributed by atoms with Crippen molar-refractivity contribution < 1.29 is 9.53 Å². The third-order valence-electron chi connectivity index (χ3n) is 4.79. The second kappa shape index (κ2) is 7.57. The standard InChI is InChI=1S/C22H20N4O2/c1-15(28-18-10-5-7-16(13-18)14-23)22(27)24-21-19-11-6-12-20(19)25-26(21)17-8-3-2-4-9-17/h2-5,7-10,13,15H,6,11-12H2,1H3,(H,24,27). The van der Waals surface area contributed by atoms with E-state index < -0.39 is 6.10 Å². The Morgan fingerprint density at radius 2 is 2.04 bits per heavy atom. The van der Waals surface area contributed by atoms with Gasteiger partial charge in [-0.3, -0.25) is 4.79 Å². The summed E-state index contributed by atoms with van der Waals surface area (Å²) < 4.78 is 7.54. The summed E-state index contributed by atoms with van der Waals surface area (Å²) in [4.78, 5) is 12.8. The highest BCUT2D eigenvalue weighted by atomic mass is 16.5. The van der Waals surface area contributed by atoms with Gasteiger partial charge in [-0.1, -0.05) is 24.3 Å². The van der Waals surface area contributed by atoms with Crippen molar-refractivity contribution in [3.63, 3.8) is 0 Å². The van der Waals surface area contributed by atoms with E-state index in [2.05, 4.69) is 11.4 Å². The van der Waals surface area contributed by atoms with E-state index in [0.717, 1.165) is 36.2 Å². The quantitative estimate of drug-likeness (QED) is 0.741. The lowest BCUT2D eigenvalue weighted by Gasteiger charge is -2.16. The highest BCUT2D eigenvalue weighted by Crippen LogP contribution is 2.31. The molecule has 0 saturated heterocycles. The normalized spacial score (nSPS) is 13.4. The largest absolute Gasteiger partial charge is 0.481 e. The fourth-order valence-corrected chi connectivity index (χ4v) is 3.39. The zero-order chi connectivity index (χ0) is 19.5. The summed E-state index contributed by atoms with van der Waals surface area (Å²) in [6.07, 6.45) is 2.15. The molecule has 4 rings (SSSR count). The number of hydrogen-bond donors (Lipinski definition) is 1. The van der Waals surface area contributed by atoms with Gasteiger partial charge in [-0.2, -0.15) is 10.4 Å². The number of nitrogens with zero attached hydrogens (tertiary/aromatic N) is 3. The van der Waals surface area contributed by atoms with Gasteiger partial charge in [-0.25, -0.2) is 4.68 Å². The van der Waals surface area contributed by atoms with Crippen molar-refractivity contribution in [3.05, 3.63) is 71.4 Å². The SMILES string of the molecule is CC(Oc1cccc(C#N)c1)C(=O)Nc1c2c(nn1-c1ccccc1)CCC2. The molecule has 1 N–H and O–H groups in total. The maximum Gasteiger partial charge on any atom is 0.266 e. The van der Waals surface area contributed by atoms with Gasteiger partial charge < -0.3 is 10.1 Å². The minimum atomic E-state index is -0.717. The van der Waals surface area contributed by atoms with E-state index in [0.29, 0.717) is 17.1 Å². The van der Waals surface area contributed by atoms with E-state index in [-0.39, 0.29) is 5.91 Å². The van der Waals surface area contributed by atoms with Gasteiger partial charge in [0.2, 0.25) is 0 Å². The van der Waals surface area contributed by atoms with Crippen LogP contribution in [0.2, 0.25) is 0 Å². The zero-order valence-electron chi connectivity index (χ0n) is 15.6. The fourth-order valence-electron chi connectivity index (χ4n) is 3.39. The Morgan fingerprint density at radius 1 is 1.21 bits per heavy atom. The monoisotopic (exact) mass is 372 g/mol. The van der Waals surface area contributed by atoms with Crippen LogP contribution in [0.25, 0.3) is 5.69 Å². The first-order valence-corrected chi connectivity index (χ1v) is 9.29. The molecule has 28 heavy (non-hydrogen) atoms. The first-order chi connectivity index (χ1) is 13.7. The molecule has 0 radical (unpaired) electrons. The van der Waals surface area contributed by atoms with Crippen LogP contribution in [0.4, 0.5) is 5.82 Å². The van der Waals surface area contributed by atoms with Crippen LogP contribution in [0.5, 0.6) is 5.75 Å². The van der Waals surface area contributed by atoms with Gasteiger partial charge in [0.15, 0.2) is 6.10 Å². The van der Waals surface area contributed by atoms with E-state index in [1.54, 1.807) is 35.9 Å².